The van der Waals surface area contributed by atoms with Crippen LogP contribution in [0.1, 0.15) is 45.9 Å². The minimum atomic E-state index is -5.34. The molecule has 1 aromatic heterocycles. The molecule has 1 saturated carbocycles. The molecule has 0 spiro atoms. The maximum absolute atomic E-state index is 13.7. The average molecular weight is 481 g/mol. The summed E-state index contributed by atoms with van der Waals surface area (Å²) in [6.07, 6.45) is -1.19. The van der Waals surface area contributed by atoms with Crippen LogP contribution >= 0.6 is 0 Å². The summed E-state index contributed by atoms with van der Waals surface area (Å²) in [5.41, 5.74) is 7.63. The third-order valence-electron chi connectivity index (χ3n) is 6.25. The van der Waals surface area contributed by atoms with Crippen molar-refractivity contribution in [3.63, 3.8) is 0 Å². The van der Waals surface area contributed by atoms with E-state index in [1.165, 1.54) is 31.8 Å². The maximum atomic E-state index is 13.7. The lowest BCUT2D eigenvalue weighted by atomic mass is 9.74. The molecule has 3 rings (SSSR count). The fraction of sp³-hybridized carbons (Fsp3) is 0.455. The van der Waals surface area contributed by atoms with Gasteiger partial charge in [0.15, 0.2) is 0 Å². The van der Waals surface area contributed by atoms with Gasteiger partial charge in [0.1, 0.15) is 5.69 Å². The van der Waals surface area contributed by atoms with Crippen LogP contribution in [0.4, 0.5) is 13.2 Å². The highest BCUT2D eigenvalue weighted by molar-refractivity contribution is 5.92. The molecule has 1 aromatic carbocycles. The number of nitrogens with one attached hydrogen (secondary N) is 1. The lowest BCUT2D eigenvalue weighted by Crippen LogP contribution is -2.53. The highest BCUT2D eigenvalue weighted by atomic mass is 19.4. The Balaban J connectivity index is 2.05. The number of nitrogens with two attached hydrogens (primary N) is 2. The van der Waals surface area contributed by atoms with Crippen molar-refractivity contribution in [1.82, 2.24) is 15.3 Å². The molecule has 184 valence electrons. The molecule has 1 heterocycles. The Morgan fingerprint density at radius 1 is 1.24 bits per heavy atom. The van der Waals surface area contributed by atoms with E-state index in [0.717, 1.165) is 12.1 Å². The van der Waals surface area contributed by atoms with Crippen LogP contribution in [0.2, 0.25) is 0 Å². The van der Waals surface area contributed by atoms with Gasteiger partial charge in [0.2, 0.25) is 0 Å². The molecule has 6 N–H and O–H groups in total. The average Bonchev–Trinajstić information content (AvgIpc) is 2.79. The predicted octanol–water partition coefficient (Wildman–Crippen LogP) is 1.04. The lowest BCUT2D eigenvalue weighted by Gasteiger charge is -2.40. The normalized spacial score (nSPS) is 24.8. The highest BCUT2D eigenvalue weighted by Gasteiger charge is 2.60. The Morgan fingerprint density at radius 2 is 1.94 bits per heavy atom. The summed E-state index contributed by atoms with van der Waals surface area (Å²) < 4.78 is 46.4. The second-order valence-electron chi connectivity index (χ2n) is 8.33. The number of halogens is 3. The minimum absolute atomic E-state index is 0.0642. The number of aromatic nitrogens is 2. The van der Waals surface area contributed by atoms with Crippen LogP contribution < -0.4 is 16.8 Å². The lowest BCUT2D eigenvalue weighted by molar-refractivity contribution is -0.255. The smallest absolute Gasteiger partial charge is 0.380 e. The number of rotatable bonds is 6. The molecule has 1 aliphatic rings. The topological polar surface area (TPSA) is 153 Å². The number of ether oxygens (including phenoxy) is 1. The number of hydrogen-bond acceptors (Lipinski definition) is 7. The van der Waals surface area contributed by atoms with Gasteiger partial charge in [0, 0.05) is 43.1 Å². The van der Waals surface area contributed by atoms with Crippen molar-refractivity contribution in [3.8, 4) is 0 Å². The fourth-order valence-electron chi connectivity index (χ4n) is 4.34. The molecule has 2 amide bonds. The third-order valence-corrected chi connectivity index (χ3v) is 6.25. The Hall–Kier alpha value is -3.09. The zero-order valence-electron chi connectivity index (χ0n) is 18.5. The van der Waals surface area contributed by atoms with E-state index in [4.69, 9.17) is 16.2 Å². The van der Waals surface area contributed by atoms with Gasteiger partial charge in [-0.05, 0) is 30.9 Å². The molecule has 2 aromatic rings. The minimum Gasteiger partial charge on any atom is -0.380 e. The van der Waals surface area contributed by atoms with Crippen LogP contribution in [0.25, 0.3) is 0 Å². The maximum Gasteiger partial charge on any atom is 0.430 e. The van der Waals surface area contributed by atoms with Crippen molar-refractivity contribution in [3.05, 3.63) is 59.2 Å². The summed E-state index contributed by atoms with van der Waals surface area (Å²) in [6, 6.07) is 2.42. The van der Waals surface area contributed by atoms with Crippen LogP contribution in [0.5, 0.6) is 0 Å². The molecule has 34 heavy (non-hydrogen) atoms. The molecule has 0 unspecified atom stereocenters. The van der Waals surface area contributed by atoms with Crippen molar-refractivity contribution >= 4 is 11.8 Å². The summed E-state index contributed by atoms with van der Waals surface area (Å²) in [5, 5.41) is 13.1. The number of amides is 2. The summed E-state index contributed by atoms with van der Waals surface area (Å²) in [4.78, 5) is 32.3. The zero-order valence-corrected chi connectivity index (χ0v) is 18.5. The molecule has 5 atom stereocenters. The van der Waals surface area contributed by atoms with E-state index >= 15 is 0 Å². The number of alkyl halides is 3. The first-order chi connectivity index (χ1) is 15.9. The van der Waals surface area contributed by atoms with Gasteiger partial charge >= 0.3 is 6.18 Å². The van der Waals surface area contributed by atoms with Gasteiger partial charge in [-0.2, -0.15) is 13.2 Å². The van der Waals surface area contributed by atoms with Gasteiger partial charge in [-0.25, -0.2) is 4.98 Å². The van der Waals surface area contributed by atoms with Crippen LogP contribution in [0, 0.1) is 6.92 Å². The highest BCUT2D eigenvalue weighted by Crippen LogP contribution is 2.42. The molecular weight excluding hydrogens is 455 g/mol. The third kappa shape index (κ3) is 4.74. The summed E-state index contributed by atoms with van der Waals surface area (Å²) >= 11 is 0. The number of aliphatic hydroxyl groups is 1. The molecule has 1 fully saturated rings. The van der Waals surface area contributed by atoms with Crippen molar-refractivity contribution in [2.24, 2.45) is 11.5 Å². The van der Waals surface area contributed by atoms with Gasteiger partial charge in [-0.1, -0.05) is 18.2 Å². The molecule has 9 nitrogen and oxygen atoms in total. The van der Waals surface area contributed by atoms with Gasteiger partial charge in [-0.15, -0.1) is 0 Å². The fourth-order valence-corrected chi connectivity index (χ4v) is 4.34. The van der Waals surface area contributed by atoms with E-state index in [9.17, 15) is 27.9 Å². The Kier molecular flexibility index (Phi) is 7.24. The summed E-state index contributed by atoms with van der Waals surface area (Å²) in [5.74, 6) is -3.01. The van der Waals surface area contributed by atoms with E-state index in [1.807, 2.05) is 0 Å². The molecule has 1 aliphatic carbocycles. The number of benzene rings is 1. The molecule has 0 radical (unpaired) electrons. The Morgan fingerprint density at radius 3 is 2.50 bits per heavy atom. The molecule has 0 bridgehead atoms. The number of methoxy groups -OCH3 is 1. The second kappa shape index (κ2) is 9.65. The number of hydrogen-bond donors (Lipinski definition) is 4. The van der Waals surface area contributed by atoms with Gasteiger partial charge in [0.05, 0.1) is 12.3 Å². The SMILES string of the molecule is CO[C@@H]1C[C@H](c2cc([C@@](O)(C(N)=O)C(F)(F)F)ccc2C)[C@H](NC(=O)c2cnccn2)C[C@H]1N. The quantitative estimate of drug-likeness (QED) is 0.481. The van der Waals surface area contributed by atoms with Crippen LogP contribution in [0.15, 0.2) is 36.8 Å². The van der Waals surface area contributed by atoms with Crippen LogP contribution in [-0.4, -0.2) is 58.4 Å². The number of carbonyl (C=O) groups excluding carboxylic acids is 2. The van der Waals surface area contributed by atoms with Crippen LogP contribution in [-0.2, 0) is 15.1 Å². The van der Waals surface area contributed by atoms with E-state index in [1.54, 1.807) is 6.92 Å². The Labute approximate surface area is 193 Å². The van der Waals surface area contributed by atoms with E-state index < -0.39 is 53.3 Å². The Bertz CT molecular complexity index is 1050. The number of primary amides is 1. The van der Waals surface area contributed by atoms with Crippen LogP contribution in [0.3, 0.4) is 0 Å². The summed E-state index contributed by atoms with van der Waals surface area (Å²) in [6.45, 7) is 1.67. The number of nitrogens with zero attached hydrogens (tertiary/aromatic N) is 2. The van der Waals surface area contributed by atoms with Crippen molar-refractivity contribution in [1.29, 1.82) is 0 Å². The number of carbonyl (C=O) groups is 2. The molecule has 0 saturated heterocycles. The van der Waals surface area contributed by atoms with Crippen molar-refractivity contribution in [2.75, 3.05) is 7.11 Å². The van der Waals surface area contributed by atoms with Crippen molar-refractivity contribution < 1.29 is 32.6 Å². The first kappa shape index (κ1) is 25.5. The largest absolute Gasteiger partial charge is 0.430 e. The molecule has 12 heteroatoms. The van der Waals surface area contributed by atoms with Gasteiger partial charge < -0.3 is 26.6 Å². The predicted molar refractivity (Wildman–Crippen MR) is 114 cm³/mol. The zero-order chi connectivity index (χ0) is 25.3. The van der Waals surface area contributed by atoms with E-state index in [0.29, 0.717) is 11.1 Å². The number of aryl methyl sites for hydroxylation is 1. The van der Waals surface area contributed by atoms with Gasteiger partial charge in [-0.3, -0.25) is 14.6 Å². The monoisotopic (exact) mass is 481 g/mol. The first-order valence-electron chi connectivity index (χ1n) is 10.5. The van der Waals surface area contributed by atoms with Gasteiger partial charge in [0.25, 0.3) is 17.4 Å². The van der Waals surface area contributed by atoms with E-state index in [-0.39, 0.29) is 18.5 Å². The van der Waals surface area contributed by atoms with E-state index in [2.05, 4.69) is 15.3 Å². The standard InChI is InChI=1S/C22H26F3N5O4/c1-11-3-4-12(21(33,20(27)32)22(23,24)25)7-13(11)14-8-18(34-2)15(26)9-16(14)30-19(31)17-10-28-5-6-29-17/h3-7,10,14-16,18,33H,8-9,26H2,1-2H3,(H2,27,32)(H,30,31)/t14-,15-,16-,18-,21-/m1/s1. The van der Waals surface area contributed by atoms with Crippen molar-refractivity contribution in [2.45, 2.75) is 55.6 Å². The first-order valence-corrected chi connectivity index (χ1v) is 10.5. The summed E-state index contributed by atoms with van der Waals surface area (Å²) in [7, 11) is 1.47. The molecule has 0 aliphatic heterocycles. The molecular formula is C22H26F3N5O4. The second-order valence-corrected chi connectivity index (χ2v) is 8.33.